The van der Waals surface area contributed by atoms with Gasteiger partial charge in [-0.15, -0.1) is 11.3 Å². The highest BCUT2D eigenvalue weighted by Crippen LogP contribution is 2.60. The molecule has 1 aromatic heterocycles. The maximum absolute atomic E-state index is 9.31. The van der Waals surface area contributed by atoms with Gasteiger partial charge in [-0.3, -0.25) is 0 Å². The standard InChI is InChI=1S/C15H18N2S/c1-8-17-15(13(7-16)18-8)14-11-3-9-2-10(5-11)6-12(14)4-9/h9-12,14H,2-6H2,1H3. The van der Waals surface area contributed by atoms with E-state index in [-0.39, 0.29) is 0 Å². The molecule has 5 rings (SSSR count). The van der Waals surface area contributed by atoms with Crippen molar-refractivity contribution < 1.29 is 0 Å². The van der Waals surface area contributed by atoms with Crippen LogP contribution in [0.3, 0.4) is 0 Å². The maximum atomic E-state index is 9.31. The number of rotatable bonds is 1. The molecule has 94 valence electrons. The summed E-state index contributed by atoms with van der Waals surface area (Å²) in [5.41, 5.74) is 1.16. The van der Waals surface area contributed by atoms with Crippen LogP contribution in [0.5, 0.6) is 0 Å². The molecule has 4 fully saturated rings. The molecule has 1 heterocycles. The zero-order valence-electron chi connectivity index (χ0n) is 10.7. The van der Waals surface area contributed by atoms with E-state index >= 15 is 0 Å². The van der Waals surface area contributed by atoms with Crippen LogP contribution in [0.1, 0.15) is 53.6 Å². The van der Waals surface area contributed by atoms with Gasteiger partial charge in [0.25, 0.3) is 0 Å². The molecule has 4 aliphatic rings. The van der Waals surface area contributed by atoms with E-state index in [4.69, 9.17) is 4.98 Å². The first-order valence-electron chi connectivity index (χ1n) is 7.12. The lowest BCUT2D eigenvalue weighted by molar-refractivity contribution is -0.00406. The highest BCUT2D eigenvalue weighted by Gasteiger charge is 2.49. The van der Waals surface area contributed by atoms with Crippen LogP contribution in [-0.4, -0.2) is 4.98 Å². The van der Waals surface area contributed by atoms with Crippen molar-refractivity contribution in [1.29, 1.82) is 5.26 Å². The predicted octanol–water partition coefficient (Wildman–Crippen LogP) is 3.86. The first-order chi connectivity index (χ1) is 8.74. The van der Waals surface area contributed by atoms with Crippen LogP contribution in [0.4, 0.5) is 0 Å². The van der Waals surface area contributed by atoms with Crippen molar-refractivity contribution in [2.45, 2.75) is 44.9 Å². The normalized spacial score (nSPS) is 41.0. The minimum absolute atomic E-state index is 0.609. The minimum atomic E-state index is 0.609. The van der Waals surface area contributed by atoms with E-state index in [9.17, 15) is 5.26 Å². The summed E-state index contributed by atoms with van der Waals surface area (Å²) in [6.07, 6.45) is 7.09. The zero-order valence-corrected chi connectivity index (χ0v) is 11.5. The largest absolute Gasteiger partial charge is 0.245 e. The van der Waals surface area contributed by atoms with Gasteiger partial charge in [-0.1, -0.05) is 0 Å². The van der Waals surface area contributed by atoms with Gasteiger partial charge in [0, 0.05) is 5.92 Å². The number of thiazole rings is 1. The molecule has 0 atom stereocenters. The molecule has 0 aliphatic heterocycles. The van der Waals surface area contributed by atoms with Crippen LogP contribution in [0, 0.1) is 41.9 Å². The highest BCUT2D eigenvalue weighted by molar-refractivity contribution is 7.12. The Bertz CT molecular complexity index is 497. The monoisotopic (exact) mass is 258 g/mol. The van der Waals surface area contributed by atoms with Crippen LogP contribution in [0.15, 0.2) is 0 Å². The van der Waals surface area contributed by atoms with Crippen LogP contribution in [-0.2, 0) is 0 Å². The van der Waals surface area contributed by atoms with Crippen molar-refractivity contribution in [2.24, 2.45) is 23.7 Å². The number of hydrogen-bond donors (Lipinski definition) is 0. The Hall–Kier alpha value is -0.880. The van der Waals surface area contributed by atoms with E-state index in [1.807, 2.05) is 6.92 Å². The molecular formula is C15H18N2S. The van der Waals surface area contributed by atoms with Gasteiger partial charge in [-0.2, -0.15) is 5.26 Å². The number of nitrogens with zero attached hydrogens (tertiary/aromatic N) is 2. The molecule has 2 nitrogen and oxygen atoms in total. The van der Waals surface area contributed by atoms with E-state index in [1.165, 1.54) is 32.1 Å². The zero-order chi connectivity index (χ0) is 12.3. The Morgan fingerprint density at radius 3 is 2.28 bits per heavy atom. The number of nitriles is 1. The van der Waals surface area contributed by atoms with Gasteiger partial charge >= 0.3 is 0 Å². The smallest absolute Gasteiger partial charge is 0.128 e. The summed E-state index contributed by atoms with van der Waals surface area (Å²) in [5.74, 6) is 4.25. The Morgan fingerprint density at radius 1 is 1.11 bits per heavy atom. The van der Waals surface area contributed by atoms with E-state index < -0.39 is 0 Å². The molecule has 1 aromatic rings. The van der Waals surface area contributed by atoms with E-state index in [1.54, 1.807) is 11.3 Å². The van der Waals surface area contributed by atoms with Crippen molar-refractivity contribution in [2.75, 3.05) is 0 Å². The van der Waals surface area contributed by atoms with Crippen molar-refractivity contribution in [3.63, 3.8) is 0 Å². The van der Waals surface area contributed by atoms with Crippen molar-refractivity contribution >= 4 is 11.3 Å². The second-order valence-electron chi connectivity index (χ2n) is 6.52. The highest BCUT2D eigenvalue weighted by atomic mass is 32.1. The van der Waals surface area contributed by atoms with Gasteiger partial charge < -0.3 is 0 Å². The van der Waals surface area contributed by atoms with Gasteiger partial charge in [-0.05, 0) is 62.7 Å². The lowest BCUT2D eigenvalue weighted by atomic mass is 9.51. The summed E-state index contributed by atoms with van der Waals surface area (Å²) in [5, 5.41) is 10.4. The van der Waals surface area contributed by atoms with E-state index in [2.05, 4.69) is 6.07 Å². The summed E-state index contributed by atoms with van der Waals surface area (Å²) < 4.78 is 0. The average Bonchev–Trinajstić information content (AvgIpc) is 2.69. The Labute approximate surface area is 112 Å². The molecule has 0 aromatic carbocycles. The van der Waals surface area contributed by atoms with Gasteiger partial charge in [0.1, 0.15) is 10.9 Å². The third kappa shape index (κ3) is 1.48. The summed E-state index contributed by atoms with van der Waals surface area (Å²) in [6.45, 7) is 2.03. The molecule has 0 spiro atoms. The molecule has 3 heteroatoms. The third-order valence-electron chi connectivity index (χ3n) is 5.40. The summed E-state index contributed by atoms with van der Waals surface area (Å²) in [7, 11) is 0. The second kappa shape index (κ2) is 3.81. The SMILES string of the molecule is Cc1nc(C2C3CC4CC(C3)CC2C4)c(C#N)s1. The number of aryl methyl sites for hydroxylation is 1. The van der Waals surface area contributed by atoms with Gasteiger partial charge in [0.2, 0.25) is 0 Å². The van der Waals surface area contributed by atoms with Gasteiger partial charge in [-0.25, -0.2) is 4.98 Å². The van der Waals surface area contributed by atoms with Crippen LogP contribution in [0.2, 0.25) is 0 Å². The second-order valence-corrected chi connectivity index (χ2v) is 7.72. The van der Waals surface area contributed by atoms with Crippen molar-refractivity contribution in [1.82, 2.24) is 4.98 Å². The number of hydrogen-bond acceptors (Lipinski definition) is 3. The molecule has 4 aliphatic carbocycles. The first-order valence-corrected chi connectivity index (χ1v) is 7.93. The molecule has 0 saturated heterocycles. The lowest BCUT2D eigenvalue weighted by Gasteiger charge is -2.54. The van der Waals surface area contributed by atoms with Gasteiger partial charge in [0.15, 0.2) is 0 Å². The Balaban J connectivity index is 1.74. The van der Waals surface area contributed by atoms with Crippen molar-refractivity contribution in [3.8, 4) is 6.07 Å². The lowest BCUT2D eigenvalue weighted by Crippen LogP contribution is -2.44. The van der Waals surface area contributed by atoms with Gasteiger partial charge in [0.05, 0.1) is 10.7 Å². The molecular weight excluding hydrogens is 240 g/mol. The third-order valence-corrected chi connectivity index (χ3v) is 6.30. The average molecular weight is 258 g/mol. The number of aromatic nitrogens is 1. The van der Waals surface area contributed by atoms with Crippen molar-refractivity contribution in [3.05, 3.63) is 15.6 Å². The molecule has 0 unspecified atom stereocenters. The minimum Gasteiger partial charge on any atom is -0.245 e. The summed E-state index contributed by atoms with van der Waals surface area (Å²) >= 11 is 1.59. The fourth-order valence-corrected chi connectivity index (χ4v) is 5.89. The summed E-state index contributed by atoms with van der Waals surface area (Å²) in [6, 6.07) is 2.38. The predicted molar refractivity (Wildman–Crippen MR) is 71.4 cm³/mol. The topological polar surface area (TPSA) is 36.7 Å². The fraction of sp³-hybridized carbons (Fsp3) is 0.733. The Morgan fingerprint density at radius 2 is 1.72 bits per heavy atom. The molecule has 18 heavy (non-hydrogen) atoms. The molecule has 4 bridgehead atoms. The molecule has 4 saturated carbocycles. The molecule has 0 radical (unpaired) electrons. The van der Waals surface area contributed by atoms with Crippen LogP contribution < -0.4 is 0 Å². The fourth-order valence-electron chi connectivity index (χ4n) is 5.12. The molecule has 0 amide bonds. The maximum Gasteiger partial charge on any atom is 0.128 e. The van der Waals surface area contributed by atoms with Crippen LogP contribution >= 0.6 is 11.3 Å². The Kier molecular flexibility index (Phi) is 2.32. The van der Waals surface area contributed by atoms with Crippen LogP contribution in [0.25, 0.3) is 0 Å². The molecule has 0 N–H and O–H groups in total. The first kappa shape index (κ1) is 11.0. The quantitative estimate of drug-likeness (QED) is 0.767. The van der Waals surface area contributed by atoms with E-state index in [0.717, 1.165) is 39.3 Å². The summed E-state index contributed by atoms with van der Waals surface area (Å²) in [4.78, 5) is 5.62. The van der Waals surface area contributed by atoms with E-state index in [0.29, 0.717) is 5.92 Å².